The standard InChI is InChI=1S/C21H28N2O4S/c1-21(2,3)19(16-8-7-9-17(14-16)27-6)22-20(24)15-10-12-18(13-11-15)28(25,26)23(4)5/h7-14,19H,1-6H3,(H,22,24)/t19-/m1/s1. The first-order chi connectivity index (χ1) is 13.0. The van der Waals surface area contributed by atoms with E-state index in [0.29, 0.717) is 5.56 Å². The van der Waals surface area contributed by atoms with Crippen molar-refractivity contribution in [3.63, 3.8) is 0 Å². The van der Waals surface area contributed by atoms with Gasteiger partial charge in [-0.3, -0.25) is 4.79 Å². The van der Waals surface area contributed by atoms with Gasteiger partial charge in [-0.2, -0.15) is 0 Å². The van der Waals surface area contributed by atoms with Crippen LogP contribution in [0.25, 0.3) is 0 Å². The van der Waals surface area contributed by atoms with Gasteiger partial charge in [0.25, 0.3) is 5.91 Å². The number of hydrogen-bond donors (Lipinski definition) is 1. The number of nitrogens with one attached hydrogen (secondary N) is 1. The molecule has 0 fully saturated rings. The van der Waals surface area contributed by atoms with Crippen LogP contribution in [0.15, 0.2) is 53.4 Å². The van der Waals surface area contributed by atoms with Crippen LogP contribution < -0.4 is 10.1 Å². The van der Waals surface area contributed by atoms with E-state index in [-0.39, 0.29) is 22.3 Å². The zero-order chi connectivity index (χ0) is 21.1. The highest BCUT2D eigenvalue weighted by Gasteiger charge is 2.28. The molecule has 0 heterocycles. The van der Waals surface area contributed by atoms with E-state index in [9.17, 15) is 13.2 Å². The van der Waals surface area contributed by atoms with Gasteiger partial charge in [0.15, 0.2) is 0 Å². The van der Waals surface area contributed by atoms with Gasteiger partial charge in [0, 0.05) is 19.7 Å². The molecule has 0 aliphatic heterocycles. The number of carbonyl (C=O) groups excluding carboxylic acids is 1. The second-order valence-electron chi connectivity index (χ2n) is 7.86. The molecule has 2 aromatic rings. The van der Waals surface area contributed by atoms with E-state index in [4.69, 9.17) is 4.74 Å². The third-order valence-electron chi connectivity index (χ3n) is 4.46. The molecule has 0 radical (unpaired) electrons. The summed E-state index contributed by atoms with van der Waals surface area (Å²) < 4.78 is 30.8. The monoisotopic (exact) mass is 404 g/mol. The fraction of sp³-hybridized carbons (Fsp3) is 0.381. The second-order valence-corrected chi connectivity index (χ2v) is 10.0. The number of carbonyl (C=O) groups is 1. The van der Waals surface area contributed by atoms with E-state index in [2.05, 4.69) is 5.32 Å². The maximum Gasteiger partial charge on any atom is 0.251 e. The molecule has 0 unspecified atom stereocenters. The number of sulfonamides is 1. The molecule has 2 aromatic carbocycles. The summed E-state index contributed by atoms with van der Waals surface area (Å²) in [7, 11) is 1.02. The average Bonchev–Trinajstić information content (AvgIpc) is 2.65. The van der Waals surface area contributed by atoms with Gasteiger partial charge >= 0.3 is 0 Å². The Morgan fingerprint density at radius 1 is 1.07 bits per heavy atom. The summed E-state index contributed by atoms with van der Waals surface area (Å²) >= 11 is 0. The van der Waals surface area contributed by atoms with Gasteiger partial charge < -0.3 is 10.1 Å². The Bertz CT molecular complexity index is 930. The zero-order valence-electron chi connectivity index (χ0n) is 17.2. The highest BCUT2D eigenvalue weighted by molar-refractivity contribution is 7.89. The lowest BCUT2D eigenvalue weighted by molar-refractivity contribution is 0.0901. The van der Waals surface area contributed by atoms with Crippen LogP contribution in [0.3, 0.4) is 0 Å². The molecule has 0 spiro atoms. The van der Waals surface area contributed by atoms with E-state index in [1.165, 1.54) is 38.4 Å². The largest absolute Gasteiger partial charge is 0.497 e. The fourth-order valence-electron chi connectivity index (χ4n) is 2.82. The van der Waals surface area contributed by atoms with Gasteiger partial charge in [0.05, 0.1) is 18.0 Å². The molecule has 0 aromatic heterocycles. The van der Waals surface area contributed by atoms with Crippen molar-refractivity contribution in [2.24, 2.45) is 5.41 Å². The quantitative estimate of drug-likeness (QED) is 0.800. The van der Waals surface area contributed by atoms with Crippen molar-refractivity contribution < 1.29 is 17.9 Å². The van der Waals surface area contributed by atoms with Gasteiger partial charge in [0.2, 0.25) is 10.0 Å². The predicted octanol–water partition coefficient (Wildman–Crippen LogP) is 3.46. The van der Waals surface area contributed by atoms with Crippen LogP contribution in [0, 0.1) is 5.41 Å². The molecular weight excluding hydrogens is 376 g/mol. The summed E-state index contributed by atoms with van der Waals surface area (Å²) in [6.07, 6.45) is 0. The third-order valence-corrected chi connectivity index (χ3v) is 6.29. The molecule has 28 heavy (non-hydrogen) atoms. The van der Waals surface area contributed by atoms with Gasteiger partial charge in [-0.05, 0) is 47.4 Å². The molecule has 0 aliphatic carbocycles. The van der Waals surface area contributed by atoms with Gasteiger partial charge in [-0.25, -0.2) is 12.7 Å². The first kappa shape index (κ1) is 21.9. The van der Waals surface area contributed by atoms with Crippen LogP contribution in [-0.2, 0) is 10.0 Å². The van der Waals surface area contributed by atoms with Crippen molar-refractivity contribution in [1.29, 1.82) is 0 Å². The van der Waals surface area contributed by atoms with Crippen molar-refractivity contribution in [3.05, 3.63) is 59.7 Å². The molecule has 1 N–H and O–H groups in total. The lowest BCUT2D eigenvalue weighted by atomic mass is 9.82. The Labute approximate surface area is 167 Å². The first-order valence-electron chi connectivity index (χ1n) is 8.94. The minimum Gasteiger partial charge on any atom is -0.497 e. The summed E-state index contributed by atoms with van der Waals surface area (Å²) in [6.45, 7) is 6.14. The minimum absolute atomic E-state index is 0.147. The Morgan fingerprint density at radius 2 is 1.68 bits per heavy atom. The number of benzene rings is 2. The molecule has 0 saturated carbocycles. The molecule has 1 atom stereocenters. The highest BCUT2D eigenvalue weighted by Crippen LogP contribution is 2.34. The topological polar surface area (TPSA) is 75.7 Å². The molecule has 7 heteroatoms. The lowest BCUT2D eigenvalue weighted by Gasteiger charge is -2.32. The third kappa shape index (κ3) is 4.91. The fourth-order valence-corrected chi connectivity index (χ4v) is 3.73. The second kappa shape index (κ2) is 8.32. The van der Waals surface area contributed by atoms with E-state index in [0.717, 1.165) is 15.6 Å². The number of ether oxygens (including phenoxy) is 1. The van der Waals surface area contributed by atoms with Crippen molar-refractivity contribution in [2.75, 3.05) is 21.2 Å². The molecule has 0 bridgehead atoms. The number of hydrogen-bond acceptors (Lipinski definition) is 4. The van der Waals surface area contributed by atoms with E-state index in [1.54, 1.807) is 7.11 Å². The molecule has 0 saturated heterocycles. The van der Waals surface area contributed by atoms with Crippen LogP contribution in [0.5, 0.6) is 5.75 Å². The van der Waals surface area contributed by atoms with Crippen molar-refractivity contribution >= 4 is 15.9 Å². The number of rotatable bonds is 6. The summed E-state index contributed by atoms with van der Waals surface area (Å²) in [5.41, 5.74) is 1.10. The van der Waals surface area contributed by atoms with Gasteiger partial charge in [-0.15, -0.1) is 0 Å². The van der Waals surface area contributed by atoms with E-state index >= 15 is 0 Å². The molecule has 2 rings (SSSR count). The number of methoxy groups -OCH3 is 1. The number of nitrogens with zero attached hydrogens (tertiary/aromatic N) is 1. The maximum absolute atomic E-state index is 12.8. The number of amides is 1. The van der Waals surface area contributed by atoms with Crippen LogP contribution >= 0.6 is 0 Å². The van der Waals surface area contributed by atoms with Crippen molar-refractivity contribution in [1.82, 2.24) is 9.62 Å². The highest BCUT2D eigenvalue weighted by atomic mass is 32.2. The Kier molecular flexibility index (Phi) is 6.52. The van der Waals surface area contributed by atoms with Gasteiger partial charge in [-0.1, -0.05) is 32.9 Å². The SMILES string of the molecule is COc1cccc([C@@H](NC(=O)c2ccc(S(=O)(=O)N(C)C)cc2)C(C)(C)C)c1. The zero-order valence-corrected chi connectivity index (χ0v) is 18.0. The summed E-state index contributed by atoms with van der Waals surface area (Å²) in [4.78, 5) is 13.0. The van der Waals surface area contributed by atoms with Crippen LogP contribution in [-0.4, -0.2) is 39.8 Å². The molecule has 6 nitrogen and oxygen atoms in total. The Hall–Kier alpha value is -2.38. The Balaban J connectivity index is 2.29. The molecule has 1 amide bonds. The minimum atomic E-state index is -3.53. The van der Waals surface area contributed by atoms with Gasteiger partial charge in [0.1, 0.15) is 5.75 Å². The van der Waals surface area contributed by atoms with Crippen LogP contribution in [0.4, 0.5) is 0 Å². The van der Waals surface area contributed by atoms with Crippen molar-refractivity contribution in [3.8, 4) is 5.75 Å². The first-order valence-corrected chi connectivity index (χ1v) is 10.4. The average molecular weight is 405 g/mol. The Morgan fingerprint density at radius 3 is 2.18 bits per heavy atom. The smallest absolute Gasteiger partial charge is 0.251 e. The van der Waals surface area contributed by atoms with E-state index in [1.807, 2.05) is 45.0 Å². The summed E-state index contributed by atoms with van der Waals surface area (Å²) in [5, 5.41) is 3.07. The van der Waals surface area contributed by atoms with Crippen LogP contribution in [0.2, 0.25) is 0 Å². The van der Waals surface area contributed by atoms with E-state index < -0.39 is 10.0 Å². The normalized spacial score (nSPS) is 13.2. The molecular formula is C21H28N2O4S. The summed E-state index contributed by atoms with van der Waals surface area (Å²) in [5.74, 6) is 0.454. The maximum atomic E-state index is 12.8. The lowest BCUT2D eigenvalue weighted by Crippen LogP contribution is -2.36. The predicted molar refractivity (Wildman–Crippen MR) is 110 cm³/mol. The van der Waals surface area contributed by atoms with Crippen LogP contribution in [0.1, 0.15) is 42.7 Å². The molecule has 152 valence electrons. The van der Waals surface area contributed by atoms with Crippen molar-refractivity contribution in [2.45, 2.75) is 31.7 Å². The molecule has 0 aliphatic rings. The summed E-state index contributed by atoms with van der Waals surface area (Å²) in [6, 6.07) is 13.3.